The number of rotatable bonds is 10. The highest BCUT2D eigenvalue weighted by molar-refractivity contribution is 8.00. The molecule has 4 unspecified atom stereocenters. The van der Waals surface area contributed by atoms with Gasteiger partial charge in [-0.15, -0.1) is 0 Å². The predicted molar refractivity (Wildman–Crippen MR) is 152 cm³/mol. The van der Waals surface area contributed by atoms with E-state index in [0.29, 0.717) is 11.8 Å². The number of aliphatic hydroxyl groups is 6. The summed E-state index contributed by atoms with van der Waals surface area (Å²) in [5.41, 5.74) is -3.40. The molecule has 2 aromatic carbocycles. The van der Waals surface area contributed by atoms with Gasteiger partial charge in [0.25, 0.3) is 23.2 Å². The molecule has 8 N–H and O–H groups in total. The number of thioether (sulfide) groups is 1. The van der Waals surface area contributed by atoms with Gasteiger partial charge in [-0.1, -0.05) is 11.8 Å². The summed E-state index contributed by atoms with van der Waals surface area (Å²) in [5.74, 6) is -1.64. The monoisotopic (exact) mass is 654 g/mol. The molecule has 0 radical (unpaired) electrons. The van der Waals surface area contributed by atoms with Crippen molar-refractivity contribution in [2.45, 2.75) is 59.6 Å². The lowest BCUT2D eigenvalue weighted by Gasteiger charge is -2.46. The van der Waals surface area contributed by atoms with Gasteiger partial charge in [0.05, 0.1) is 35.1 Å². The van der Waals surface area contributed by atoms with Gasteiger partial charge in [0.1, 0.15) is 47.5 Å². The first-order valence-corrected chi connectivity index (χ1v) is 14.3. The standard InChI is InChI=1S/C26H30N4O14S/c31-9-15-19(33)17(27-23(37)11-1-5-13(6-2-11)29(39)40)21(35)25(43-15)45-26-22(36)18(20(34)16(10-32)44-26)28-24(38)12-3-7-14(8-4-12)30(41)42/h1-8,15-22,25-26,31-36H,9-10H2,(H,27,37)(H,28,38)/t15-,16+,17-,18?,19-,20-,21+,22?,25?,26?/m0/s1. The molecule has 0 bridgehead atoms. The molecule has 18 nitrogen and oxygen atoms in total. The molecule has 4 rings (SSSR count). The second-order valence-corrected chi connectivity index (χ2v) is 11.4. The van der Waals surface area contributed by atoms with Crippen LogP contribution < -0.4 is 10.6 Å². The number of hydrogen-bond donors (Lipinski definition) is 8. The lowest BCUT2D eigenvalue weighted by atomic mass is 9.96. The van der Waals surface area contributed by atoms with E-state index in [1.807, 2.05) is 0 Å². The maximum Gasteiger partial charge on any atom is 0.269 e. The predicted octanol–water partition coefficient (Wildman–Crippen LogP) is -1.99. The van der Waals surface area contributed by atoms with Gasteiger partial charge in [-0.25, -0.2) is 0 Å². The average Bonchev–Trinajstić information content (AvgIpc) is 3.03. The Labute approximate surface area is 257 Å². The largest absolute Gasteiger partial charge is 0.394 e. The molecule has 2 aromatic rings. The van der Waals surface area contributed by atoms with E-state index in [1.54, 1.807) is 0 Å². The van der Waals surface area contributed by atoms with Gasteiger partial charge in [-0.2, -0.15) is 0 Å². The van der Waals surface area contributed by atoms with Gasteiger partial charge in [0, 0.05) is 35.4 Å². The first-order valence-electron chi connectivity index (χ1n) is 13.4. The highest BCUT2D eigenvalue weighted by Gasteiger charge is 2.50. The van der Waals surface area contributed by atoms with E-state index >= 15 is 0 Å². The molecule has 2 amide bonds. The molecule has 2 heterocycles. The number of non-ortho nitro benzene ring substituents is 2. The average molecular weight is 655 g/mol. The van der Waals surface area contributed by atoms with Gasteiger partial charge >= 0.3 is 0 Å². The normalized spacial score (nSPS) is 31.5. The third-order valence-electron chi connectivity index (χ3n) is 7.31. The van der Waals surface area contributed by atoms with Crippen molar-refractivity contribution in [2.24, 2.45) is 0 Å². The second-order valence-electron chi connectivity index (χ2n) is 10.2. The number of nitrogens with one attached hydrogen (secondary N) is 2. The number of nitrogens with zero attached hydrogens (tertiary/aromatic N) is 2. The topological polar surface area (TPSA) is 284 Å². The van der Waals surface area contributed by atoms with Crippen molar-refractivity contribution in [2.75, 3.05) is 13.2 Å². The molecule has 2 aliphatic heterocycles. The Morgan fingerprint density at radius 1 is 0.667 bits per heavy atom. The minimum absolute atomic E-state index is 0.0336. The second kappa shape index (κ2) is 14.5. The van der Waals surface area contributed by atoms with Crippen molar-refractivity contribution in [1.29, 1.82) is 0 Å². The molecule has 0 spiro atoms. The van der Waals surface area contributed by atoms with Crippen LogP contribution in [0.4, 0.5) is 11.4 Å². The summed E-state index contributed by atoms with van der Waals surface area (Å²) in [6, 6.07) is 6.12. The Balaban J connectivity index is 1.50. The SMILES string of the molecule is O=C(NC1C(O)C(SC2O[C@@H](CO)[C@H](O)[C@H](NC(=O)c3ccc([N+](=O)[O-])cc3)[C@H]2O)O[C@H](CO)[C@@H]1O)c1ccc([N+](=O)[O-])cc1. The Kier molecular flexibility index (Phi) is 11.0. The summed E-state index contributed by atoms with van der Waals surface area (Å²) in [6.45, 7) is -1.51. The number of nitro groups is 2. The number of carbonyl (C=O) groups is 2. The van der Waals surface area contributed by atoms with Crippen LogP contribution in [-0.4, -0.2) is 125 Å². The Morgan fingerprint density at radius 2 is 1.00 bits per heavy atom. The summed E-state index contributed by atoms with van der Waals surface area (Å²) >= 11 is 0.622. The molecule has 0 aliphatic carbocycles. The van der Waals surface area contributed by atoms with Crippen LogP contribution in [0.25, 0.3) is 0 Å². The van der Waals surface area contributed by atoms with Crippen molar-refractivity contribution < 1.29 is 59.5 Å². The fraction of sp³-hybridized carbons (Fsp3) is 0.462. The van der Waals surface area contributed by atoms with Gasteiger partial charge < -0.3 is 50.7 Å². The van der Waals surface area contributed by atoms with Gasteiger partial charge in [0.2, 0.25) is 0 Å². The first kappa shape index (κ1) is 34.1. The Bertz CT molecular complexity index is 1280. The number of benzene rings is 2. The van der Waals surface area contributed by atoms with Gasteiger partial charge in [-0.05, 0) is 24.3 Å². The number of carbonyl (C=O) groups excluding carboxylic acids is 2. The van der Waals surface area contributed by atoms with Crippen LogP contribution in [0.15, 0.2) is 48.5 Å². The summed E-state index contributed by atoms with van der Waals surface area (Å²) in [7, 11) is 0. The van der Waals surface area contributed by atoms with E-state index in [9.17, 15) is 60.5 Å². The molecule has 2 fully saturated rings. The van der Waals surface area contributed by atoms with Crippen LogP contribution in [0.2, 0.25) is 0 Å². The van der Waals surface area contributed by atoms with Gasteiger partial charge in [0.15, 0.2) is 0 Å². The molecule has 0 aromatic heterocycles. The molecule has 2 saturated heterocycles. The van der Waals surface area contributed by atoms with Crippen molar-refractivity contribution in [3.63, 3.8) is 0 Å². The van der Waals surface area contributed by atoms with Gasteiger partial charge in [-0.3, -0.25) is 29.8 Å². The van der Waals surface area contributed by atoms with Crippen LogP contribution in [0.1, 0.15) is 20.7 Å². The highest BCUT2D eigenvalue weighted by atomic mass is 32.2. The van der Waals surface area contributed by atoms with Crippen molar-refractivity contribution >= 4 is 35.0 Å². The third-order valence-corrected chi connectivity index (χ3v) is 8.63. The number of aliphatic hydroxyl groups excluding tert-OH is 6. The molecular weight excluding hydrogens is 624 g/mol. The lowest BCUT2D eigenvalue weighted by Crippen LogP contribution is -2.66. The summed E-state index contributed by atoms with van der Waals surface area (Å²) in [6.07, 6.45) is -9.32. The van der Waals surface area contributed by atoms with E-state index in [4.69, 9.17) is 9.47 Å². The maximum absolute atomic E-state index is 12.9. The zero-order valence-electron chi connectivity index (χ0n) is 23.1. The van der Waals surface area contributed by atoms with Crippen LogP contribution in [0.3, 0.4) is 0 Å². The van der Waals surface area contributed by atoms with Crippen LogP contribution >= 0.6 is 11.8 Å². The van der Waals surface area contributed by atoms with Crippen LogP contribution in [-0.2, 0) is 9.47 Å². The number of ether oxygens (including phenoxy) is 2. The molecule has 0 saturated carbocycles. The van der Waals surface area contributed by atoms with E-state index in [2.05, 4.69) is 10.6 Å². The van der Waals surface area contributed by atoms with E-state index in [-0.39, 0.29) is 22.5 Å². The Hall–Kier alpha value is -3.79. The number of amides is 2. The fourth-order valence-electron chi connectivity index (χ4n) is 4.81. The van der Waals surface area contributed by atoms with Crippen molar-refractivity contribution in [3.8, 4) is 0 Å². The number of nitro benzene ring substituents is 2. The minimum atomic E-state index is -1.70. The van der Waals surface area contributed by atoms with Crippen molar-refractivity contribution in [1.82, 2.24) is 10.6 Å². The highest BCUT2D eigenvalue weighted by Crippen LogP contribution is 2.37. The van der Waals surface area contributed by atoms with E-state index in [1.165, 1.54) is 24.3 Å². The minimum Gasteiger partial charge on any atom is -0.394 e. The summed E-state index contributed by atoms with van der Waals surface area (Å²) in [5, 5.41) is 89.9. The quantitative estimate of drug-likeness (QED) is 0.102. The Morgan fingerprint density at radius 3 is 1.29 bits per heavy atom. The smallest absolute Gasteiger partial charge is 0.269 e. The van der Waals surface area contributed by atoms with Crippen LogP contribution in [0.5, 0.6) is 0 Å². The number of hydrogen-bond acceptors (Lipinski definition) is 15. The molecule has 244 valence electrons. The molecule has 45 heavy (non-hydrogen) atoms. The zero-order valence-corrected chi connectivity index (χ0v) is 23.9. The molecule has 10 atom stereocenters. The summed E-state index contributed by atoms with van der Waals surface area (Å²) < 4.78 is 11.2. The molecular formula is C26H30N4O14S. The van der Waals surface area contributed by atoms with Crippen LogP contribution in [0, 0.1) is 20.2 Å². The molecule has 19 heteroatoms. The fourth-order valence-corrected chi connectivity index (χ4v) is 6.15. The van der Waals surface area contributed by atoms with Crippen molar-refractivity contribution in [3.05, 3.63) is 79.9 Å². The maximum atomic E-state index is 12.9. The molecule has 2 aliphatic rings. The third kappa shape index (κ3) is 7.54. The first-order chi connectivity index (χ1) is 21.4. The summed E-state index contributed by atoms with van der Waals surface area (Å²) in [4.78, 5) is 46.2. The van der Waals surface area contributed by atoms with E-state index < -0.39 is 94.5 Å². The van der Waals surface area contributed by atoms with E-state index in [0.717, 1.165) is 24.3 Å². The lowest BCUT2D eigenvalue weighted by molar-refractivity contribution is -0.385. The zero-order chi connectivity index (χ0) is 33.0.